The molecule has 158 valence electrons. The van der Waals surface area contributed by atoms with Gasteiger partial charge in [-0.2, -0.15) is 0 Å². The van der Waals surface area contributed by atoms with Crippen molar-refractivity contribution >= 4 is 35.8 Å². The van der Waals surface area contributed by atoms with Crippen LogP contribution in [0.5, 0.6) is 0 Å². The van der Waals surface area contributed by atoms with Crippen LogP contribution in [0.4, 0.5) is 10.2 Å². The molecule has 0 bridgehead atoms. The fourth-order valence-corrected chi connectivity index (χ4v) is 3.82. The van der Waals surface area contributed by atoms with Gasteiger partial charge in [0.05, 0.1) is 13.2 Å². The molecule has 7 nitrogen and oxygen atoms in total. The Kier molecular flexibility index (Phi) is 9.16. The van der Waals surface area contributed by atoms with E-state index in [-0.39, 0.29) is 35.8 Å². The van der Waals surface area contributed by atoms with E-state index in [0.717, 1.165) is 45.2 Å². The highest BCUT2D eigenvalue weighted by molar-refractivity contribution is 14.0. The van der Waals surface area contributed by atoms with Gasteiger partial charge in [-0.25, -0.2) is 9.37 Å². The number of pyridine rings is 1. The number of hydrogen-bond acceptors (Lipinski definition) is 5. The fraction of sp³-hybridized carbons (Fsp3) is 0.684. The van der Waals surface area contributed by atoms with Crippen LogP contribution in [0.3, 0.4) is 0 Å². The van der Waals surface area contributed by atoms with Crippen LogP contribution >= 0.6 is 24.0 Å². The zero-order valence-corrected chi connectivity index (χ0v) is 19.2. The van der Waals surface area contributed by atoms with Crippen LogP contribution in [0, 0.1) is 5.82 Å². The Morgan fingerprint density at radius 1 is 1.46 bits per heavy atom. The number of anilines is 1. The Morgan fingerprint density at radius 2 is 2.29 bits per heavy atom. The summed E-state index contributed by atoms with van der Waals surface area (Å²) in [6.45, 7) is 9.28. The molecular weight excluding hydrogens is 474 g/mol. The van der Waals surface area contributed by atoms with E-state index in [1.807, 2.05) is 4.90 Å². The van der Waals surface area contributed by atoms with E-state index in [1.165, 1.54) is 6.07 Å². The van der Waals surface area contributed by atoms with E-state index in [4.69, 9.17) is 4.74 Å². The zero-order chi connectivity index (χ0) is 19.2. The molecule has 0 amide bonds. The molecule has 2 N–H and O–H groups in total. The Bertz CT molecular complexity index is 649. The summed E-state index contributed by atoms with van der Waals surface area (Å²) in [6, 6.07) is 4.12. The quantitative estimate of drug-likeness (QED) is 0.360. The zero-order valence-electron chi connectivity index (χ0n) is 16.9. The second-order valence-electron chi connectivity index (χ2n) is 7.35. The molecule has 0 aromatic carbocycles. The summed E-state index contributed by atoms with van der Waals surface area (Å²) in [6.07, 6.45) is 2.56. The van der Waals surface area contributed by atoms with E-state index in [2.05, 4.69) is 39.4 Å². The minimum absolute atomic E-state index is 0. The number of ether oxygens (including phenoxy) is 1. The highest BCUT2D eigenvalue weighted by Gasteiger charge is 2.27. The molecule has 0 saturated carbocycles. The van der Waals surface area contributed by atoms with Crippen LogP contribution in [-0.2, 0) is 4.74 Å². The Morgan fingerprint density at radius 3 is 3.00 bits per heavy atom. The lowest BCUT2D eigenvalue weighted by molar-refractivity contribution is -0.0174. The molecule has 9 heteroatoms. The van der Waals surface area contributed by atoms with Gasteiger partial charge < -0.3 is 20.3 Å². The summed E-state index contributed by atoms with van der Waals surface area (Å²) >= 11 is 0. The van der Waals surface area contributed by atoms with Crippen LogP contribution in [0.1, 0.15) is 20.3 Å². The topological polar surface area (TPSA) is 65.0 Å². The number of hydrogen-bond donors (Lipinski definition) is 2. The van der Waals surface area contributed by atoms with Crippen molar-refractivity contribution in [3.8, 4) is 0 Å². The van der Waals surface area contributed by atoms with Gasteiger partial charge in [-0.15, -0.1) is 24.0 Å². The van der Waals surface area contributed by atoms with Crippen molar-refractivity contribution in [2.45, 2.75) is 38.4 Å². The Balaban J connectivity index is 0.00000280. The predicted octanol–water partition coefficient (Wildman–Crippen LogP) is 1.69. The maximum absolute atomic E-state index is 13.9. The summed E-state index contributed by atoms with van der Waals surface area (Å²) in [5.41, 5.74) is 0. The number of rotatable bonds is 5. The van der Waals surface area contributed by atoms with Gasteiger partial charge in [0.25, 0.3) is 0 Å². The van der Waals surface area contributed by atoms with E-state index in [0.29, 0.717) is 24.4 Å². The molecule has 3 rings (SSSR count). The largest absolute Gasteiger partial charge is 0.379 e. The maximum Gasteiger partial charge on any atom is 0.191 e. The molecule has 3 unspecified atom stereocenters. The molecule has 0 spiro atoms. The van der Waals surface area contributed by atoms with Crippen LogP contribution < -0.4 is 15.5 Å². The number of aliphatic imine (C=N–C) groups is 1. The van der Waals surface area contributed by atoms with Crippen molar-refractivity contribution in [2.24, 2.45) is 4.99 Å². The third-order valence-electron chi connectivity index (χ3n) is 5.34. The highest BCUT2D eigenvalue weighted by atomic mass is 127. The normalized spacial score (nSPS) is 24.6. The van der Waals surface area contributed by atoms with Gasteiger partial charge in [-0.05, 0) is 32.4 Å². The van der Waals surface area contributed by atoms with Gasteiger partial charge in [0.1, 0.15) is 0 Å². The first-order chi connectivity index (χ1) is 13.1. The lowest BCUT2D eigenvalue weighted by Gasteiger charge is -2.38. The first kappa shape index (κ1) is 23.1. The monoisotopic (exact) mass is 506 g/mol. The van der Waals surface area contributed by atoms with Crippen LogP contribution in [0.15, 0.2) is 23.3 Å². The van der Waals surface area contributed by atoms with Crippen molar-refractivity contribution in [3.05, 3.63) is 24.1 Å². The van der Waals surface area contributed by atoms with Crippen molar-refractivity contribution < 1.29 is 9.13 Å². The third kappa shape index (κ3) is 5.90. The number of nitrogens with zero attached hydrogens (tertiary/aromatic N) is 4. The second-order valence-corrected chi connectivity index (χ2v) is 7.35. The van der Waals surface area contributed by atoms with Crippen molar-refractivity contribution in [2.75, 3.05) is 51.3 Å². The fourth-order valence-electron chi connectivity index (χ4n) is 3.82. The van der Waals surface area contributed by atoms with E-state index < -0.39 is 0 Å². The second kappa shape index (κ2) is 11.1. The van der Waals surface area contributed by atoms with E-state index in [1.54, 1.807) is 19.3 Å². The van der Waals surface area contributed by atoms with Crippen molar-refractivity contribution in [3.63, 3.8) is 0 Å². The number of nitrogens with one attached hydrogen (secondary N) is 2. The lowest BCUT2D eigenvalue weighted by atomic mass is 10.2. The third-order valence-corrected chi connectivity index (χ3v) is 5.34. The molecule has 2 aliphatic heterocycles. The minimum Gasteiger partial charge on any atom is -0.379 e. The molecule has 1 aromatic heterocycles. The molecule has 28 heavy (non-hydrogen) atoms. The van der Waals surface area contributed by atoms with Crippen LogP contribution in [-0.4, -0.2) is 80.4 Å². The summed E-state index contributed by atoms with van der Waals surface area (Å²) < 4.78 is 19.5. The number of guanidine groups is 1. The molecule has 2 aliphatic rings. The molecule has 1 aromatic rings. The van der Waals surface area contributed by atoms with Crippen molar-refractivity contribution in [1.29, 1.82) is 0 Å². The van der Waals surface area contributed by atoms with E-state index >= 15 is 0 Å². The smallest absolute Gasteiger partial charge is 0.191 e. The molecule has 2 saturated heterocycles. The van der Waals surface area contributed by atoms with Crippen LogP contribution in [0.2, 0.25) is 0 Å². The molecule has 3 heterocycles. The first-order valence-electron chi connectivity index (χ1n) is 9.74. The van der Waals surface area contributed by atoms with E-state index in [9.17, 15) is 4.39 Å². The lowest BCUT2D eigenvalue weighted by Crippen LogP contribution is -2.53. The van der Waals surface area contributed by atoms with Gasteiger partial charge in [0.15, 0.2) is 17.6 Å². The number of aromatic nitrogens is 1. The average molecular weight is 506 g/mol. The predicted molar refractivity (Wildman–Crippen MR) is 121 cm³/mol. The van der Waals surface area contributed by atoms with Crippen molar-refractivity contribution in [1.82, 2.24) is 20.5 Å². The molecule has 2 fully saturated rings. The van der Waals surface area contributed by atoms with Gasteiger partial charge in [-0.3, -0.25) is 9.89 Å². The standard InChI is InChI=1S/C19H31FN6O.HI/c1-14(26-9-10-27-13-15(26)2)11-23-19(21-3)24-16-6-8-25(12-16)18-17(20)5-4-7-22-18;/h4-5,7,14-16H,6,8-13H2,1-3H3,(H2,21,23,24);1H. The van der Waals surface area contributed by atoms with Gasteiger partial charge in [0, 0.05) is 57.5 Å². The first-order valence-corrected chi connectivity index (χ1v) is 9.74. The van der Waals surface area contributed by atoms with Gasteiger partial charge in [0.2, 0.25) is 0 Å². The van der Waals surface area contributed by atoms with Crippen LogP contribution in [0.25, 0.3) is 0 Å². The molecule has 0 radical (unpaired) electrons. The number of halogens is 2. The van der Waals surface area contributed by atoms with Gasteiger partial charge >= 0.3 is 0 Å². The summed E-state index contributed by atoms with van der Waals surface area (Å²) in [5.74, 6) is 0.949. The maximum atomic E-state index is 13.9. The molecular formula is C19H32FIN6O. The average Bonchev–Trinajstić information content (AvgIpc) is 3.14. The Labute approximate surface area is 184 Å². The van der Waals surface area contributed by atoms with Gasteiger partial charge in [-0.1, -0.05) is 0 Å². The SMILES string of the molecule is CN=C(NCC(C)N1CCOCC1C)NC1CCN(c2ncccc2F)C1.I. The Hall–Kier alpha value is -1.20. The number of morpholine rings is 1. The molecule has 3 atom stereocenters. The molecule has 0 aliphatic carbocycles. The minimum atomic E-state index is -0.269. The summed E-state index contributed by atoms with van der Waals surface area (Å²) in [4.78, 5) is 13.0. The summed E-state index contributed by atoms with van der Waals surface area (Å²) in [7, 11) is 1.78. The summed E-state index contributed by atoms with van der Waals surface area (Å²) in [5, 5.41) is 6.89. The highest BCUT2D eigenvalue weighted by Crippen LogP contribution is 2.20.